The summed E-state index contributed by atoms with van der Waals surface area (Å²) in [5.41, 5.74) is 6.58. The molecule has 1 aromatic heterocycles. The van der Waals surface area contributed by atoms with Gasteiger partial charge in [-0.3, -0.25) is 0 Å². The van der Waals surface area contributed by atoms with Crippen LogP contribution in [0.4, 0.5) is 24.7 Å². The second-order valence-electron chi connectivity index (χ2n) is 5.72. The van der Waals surface area contributed by atoms with Crippen LogP contribution >= 0.6 is 0 Å². The van der Waals surface area contributed by atoms with Crippen LogP contribution in [0.2, 0.25) is 0 Å². The van der Waals surface area contributed by atoms with Crippen molar-refractivity contribution in [1.82, 2.24) is 4.98 Å². The Morgan fingerprint density at radius 3 is 2.48 bits per heavy atom. The fraction of sp³-hybridized carbons (Fsp3) is 0.294. The third-order valence-electron chi connectivity index (χ3n) is 3.82. The molecule has 0 saturated carbocycles. The largest absolute Gasteiger partial charge is 0.463 e. The van der Waals surface area contributed by atoms with Gasteiger partial charge in [0.05, 0.1) is 11.6 Å². The lowest BCUT2D eigenvalue weighted by atomic mass is 10.1. The van der Waals surface area contributed by atoms with E-state index in [1.165, 1.54) is 6.07 Å². The summed E-state index contributed by atoms with van der Waals surface area (Å²) in [4.78, 5) is 7.96. The number of benzene rings is 1. The number of alkyl halides is 3. The summed E-state index contributed by atoms with van der Waals surface area (Å²) in [6.07, 6.45) is -1.89. The maximum Gasteiger partial charge on any atom is 0.417 e. The highest BCUT2D eigenvalue weighted by Gasteiger charge is 2.30. The Bertz CT molecular complexity index is 742. The number of nitrogens with zero attached hydrogens (tertiary/aromatic N) is 2. The maximum absolute atomic E-state index is 12.5. The van der Waals surface area contributed by atoms with Gasteiger partial charge in [-0.05, 0) is 42.7 Å². The highest BCUT2D eigenvalue weighted by atomic mass is 19.4. The van der Waals surface area contributed by atoms with E-state index in [1.54, 1.807) is 0 Å². The van der Waals surface area contributed by atoms with E-state index in [1.807, 2.05) is 24.3 Å². The van der Waals surface area contributed by atoms with Gasteiger partial charge < -0.3 is 15.8 Å². The number of nitrogens with one attached hydrogen (secondary N) is 1. The zero-order valence-electron chi connectivity index (χ0n) is 13.3. The molecule has 3 rings (SSSR count). The van der Waals surface area contributed by atoms with Crippen molar-refractivity contribution >= 4 is 17.5 Å². The lowest BCUT2D eigenvalue weighted by molar-refractivity contribution is -0.137. The molecule has 3 N–H and O–H groups in total. The van der Waals surface area contributed by atoms with E-state index in [2.05, 4.69) is 15.3 Å². The van der Waals surface area contributed by atoms with Crippen molar-refractivity contribution in [1.29, 1.82) is 0 Å². The normalized spacial score (nSPS) is 17.1. The van der Waals surface area contributed by atoms with Crippen molar-refractivity contribution in [2.24, 2.45) is 10.7 Å². The van der Waals surface area contributed by atoms with E-state index < -0.39 is 11.7 Å². The number of rotatable bonds is 5. The number of hydrogen-bond acceptors (Lipinski definition) is 5. The van der Waals surface area contributed by atoms with Crippen molar-refractivity contribution in [3.05, 3.63) is 53.7 Å². The van der Waals surface area contributed by atoms with Gasteiger partial charge in [-0.2, -0.15) is 13.2 Å². The zero-order chi connectivity index (χ0) is 17.9. The van der Waals surface area contributed by atoms with Crippen LogP contribution in [0.5, 0.6) is 0 Å². The molecule has 1 aliphatic heterocycles. The lowest BCUT2D eigenvalue weighted by Gasteiger charge is -2.10. The molecule has 0 amide bonds. The van der Waals surface area contributed by atoms with E-state index in [0.717, 1.165) is 36.4 Å². The van der Waals surface area contributed by atoms with Gasteiger partial charge in [0, 0.05) is 11.9 Å². The molecule has 0 fully saturated rings. The smallest absolute Gasteiger partial charge is 0.417 e. The number of aromatic nitrogens is 1. The van der Waals surface area contributed by atoms with Crippen LogP contribution in [-0.4, -0.2) is 23.7 Å². The maximum atomic E-state index is 12.5. The summed E-state index contributed by atoms with van der Waals surface area (Å²) >= 11 is 0. The second kappa shape index (κ2) is 7.00. The average Bonchev–Trinajstić information content (AvgIpc) is 2.99. The molecular weight excluding hydrogens is 333 g/mol. The van der Waals surface area contributed by atoms with Crippen molar-refractivity contribution < 1.29 is 17.9 Å². The molecule has 1 aromatic carbocycles. The fourth-order valence-corrected chi connectivity index (χ4v) is 2.46. The number of pyridine rings is 1. The first kappa shape index (κ1) is 17.1. The van der Waals surface area contributed by atoms with E-state index >= 15 is 0 Å². The van der Waals surface area contributed by atoms with E-state index in [4.69, 9.17) is 10.5 Å². The van der Waals surface area contributed by atoms with Crippen molar-refractivity contribution in [3.63, 3.8) is 0 Å². The van der Waals surface area contributed by atoms with Crippen molar-refractivity contribution in [2.45, 2.75) is 25.1 Å². The molecule has 0 bridgehead atoms. The minimum absolute atomic E-state index is 0.0918. The first-order valence-electron chi connectivity index (χ1n) is 7.75. The van der Waals surface area contributed by atoms with E-state index in [0.29, 0.717) is 12.4 Å². The molecule has 2 heterocycles. The molecule has 132 valence electrons. The number of anilines is 2. The predicted octanol–water partition coefficient (Wildman–Crippen LogP) is 3.49. The zero-order valence-corrected chi connectivity index (χ0v) is 13.3. The van der Waals surface area contributed by atoms with Gasteiger partial charge in [0.25, 0.3) is 6.02 Å². The van der Waals surface area contributed by atoms with Gasteiger partial charge in [0.1, 0.15) is 12.4 Å². The number of aliphatic imine (C=N–C) groups is 1. The summed E-state index contributed by atoms with van der Waals surface area (Å²) < 4.78 is 42.7. The first-order chi connectivity index (χ1) is 11.9. The second-order valence-corrected chi connectivity index (χ2v) is 5.72. The van der Waals surface area contributed by atoms with E-state index in [9.17, 15) is 13.2 Å². The first-order valence-corrected chi connectivity index (χ1v) is 7.75. The third kappa shape index (κ3) is 4.62. The van der Waals surface area contributed by atoms with Gasteiger partial charge in [-0.25, -0.2) is 9.98 Å². The third-order valence-corrected chi connectivity index (χ3v) is 3.82. The van der Waals surface area contributed by atoms with Crippen LogP contribution in [0.25, 0.3) is 0 Å². The van der Waals surface area contributed by atoms with Gasteiger partial charge in [0.15, 0.2) is 0 Å². The summed E-state index contributed by atoms with van der Waals surface area (Å²) in [5, 5.41) is 2.98. The predicted molar refractivity (Wildman–Crippen MR) is 88.6 cm³/mol. The van der Waals surface area contributed by atoms with Crippen LogP contribution in [0.1, 0.15) is 17.5 Å². The molecule has 0 unspecified atom stereocenters. The molecule has 1 aliphatic rings. The molecule has 5 nitrogen and oxygen atoms in total. The number of halogens is 3. The molecule has 0 radical (unpaired) electrons. The van der Waals surface area contributed by atoms with Gasteiger partial charge in [-0.15, -0.1) is 0 Å². The molecular formula is C17H17F3N4O. The number of amidine groups is 1. The van der Waals surface area contributed by atoms with Crippen LogP contribution in [0.15, 0.2) is 47.6 Å². The molecule has 2 aromatic rings. The van der Waals surface area contributed by atoms with Crippen LogP contribution < -0.4 is 11.1 Å². The molecule has 0 aliphatic carbocycles. The van der Waals surface area contributed by atoms with Gasteiger partial charge >= 0.3 is 6.18 Å². The minimum Gasteiger partial charge on any atom is -0.463 e. The summed E-state index contributed by atoms with van der Waals surface area (Å²) in [6, 6.07) is 10.3. The van der Waals surface area contributed by atoms with Crippen LogP contribution in [-0.2, 0) is 17.3 Å². The number of ether oxygens (including phenoxy) is 1. The highest BCUT2D eigenvalue weighted by Crippen LogP contribution is 2.29. The Labute approximate surface area is 142 Å². The van der Waals surface area contributed by atoms with E-state index in [-0.39, 0.29) is 12.1 Å². The Morgan fingerprint density at radius 1 is 1.16 bits per heavy atom. The Hall–Kier alpha value is -2.77. The Balaban J connectivity index is 1.55. The number of aryl methyl sites for hydroxylation is 1. The summed E-state index contributed by atoms with van der Waals surface area (Å²) in [7, 11) is 0. The topological polar surface area (TPSA) is 72.5 Å². The quantitative estimate of drug-likeness (QED) is 0.866. The van der Waals surface area contributed by atoms with Gasteiger partial charge in [0.2, 0.25) is 0 Å². The summed E-state index contributed by atoms with van der Waals surface area (Å²) in [6.45, 7) is 0.519. The molecule has 0 spiro atoms. The number of nitrogens with two attached hydrogens (primary N) is 1. The Morgan fingerprint density at radius 2 is 1.92 bits per heavy atom. The monoisotopic (exact) mass is 350 g/mol. The standard InChI is InChI=1S/C17H17F3N4O/c18-17(19,20)12-4-8-15(22-9-12)23-13-5-1-11(2-6-13)3-7-14-10-25-16(21)24-14/h1-2,4-6,8-9,14H,3,7,10H2,(H2,21,24)(H,22,23)/t14-/m0/s1. The minimum atomic E-state index is -4.38. The molecule has 25 heavy (non-hydrogen) atoms. The SMILES string of the molecule is NC1=N[C@@H](CCc2ccc(Nc3ccc(C(F)(F)F)cn3)cc2)CO1. The summed E-state index contributed by atoms with van der Waals surface area (Å²) in [5.74, 6) is 0.355. The van der Waals surface area contributed by atoms with Crippen molar-refractivity contribution in [3.8, 4) is 0 Å². The van der Waals surface area contributed by atoms with Crippen LogP contribution in [0, 0.1) is 0 Å². The Kier molecular flexibility index (Phi) is 4.78. The highest BCUT2D eigenvalue weighted by molar-refractivity contribution is 5.73. The molecule has 0 saturated heterocycles. The van der Waals surface area contributed by atoms with Crippen LogP contribution in [0.3, 0.4) is 0 Å². The van der Waals surface area contributed by atoms with Crippen molar-refractivity contribution in [2.75, 3.05) is 11.9 Å². The molecule has 8 heteroatoms. The fourth-order valence-electron chi connectivity index (χ4n) is 2.46. The lowest BCUT2D eigenvalue weighted by Crippen LogP contribution is -2.10. The van der Waals surface area contributed by atoms with Gasteiger partial charge in [-0.1, -0.05) is 12.1 Å². The average molecular weight is 350 g/mol. The molecule has 1 atom stereocenters. The number of hydrogen-bond donors (Lipinski definition) is 2.